The first-order valence-electron chi connectivity index (χ1n) is 9.44. The van der Waals surface area contributed by atoms with Crippen LogP contribution in [0.1, 0.15) is 29.5 Å². The van der Waals surface area contributed by atoms with Crippen molar-refractivity contribution in [1.29, 1.82) is 0 Å². The number of rotatable bonds is 9. The van der Waals surface area contributed by atoms with Crippen molar-refractivity contribution in [2.24, 2.45) is 0 Å². The second-order valence-electron chi connectivity index (χ2n) is 6.69. The molecule has 0 spiro atoms. The van der Waals surface area contributed by atoms with E-state index in [2.05, 4.69) is 60.8 Å². The average molecular weight is 415 g/mol. The third-order valence-corrected chi connectivity index (χ3v) is 5.87. The fourth-order valence-corrected chi connectivity index (χ4v) is 4.21. The number of ether oxygens (including phenoxy) is 1. The molecule has 148 valence electrons. The Morgan fingerprint density at radius 1 is 1.18 bits per heavy atom. The number of nitrogens with zero attached hydrogens (tertiary/aromatic N) is 1. The lowest BCUT2D eigenvalue weighted by atomic mass is 10.0. The van der Waals surface area contributed by atoms with Gasteiger partial charge < -0.3 is 14.7 Å². The van der Waals surface area contributed by atoms with Crippen LogP contribution in [0.5, 0.6) is 0 Å². The van der Waals surface area contributed by atoms with E-state index in [9.17, 15) is 5.11 Å². The van der Waals surface area contributed by atoms with Crippen LogP contribution in [0.3, 0.4) is 0 Å². The highest BCUT2D eigenvalue weighted by Crippen LogP contribution is 2.28. The van der Waals surface area contributed by atoms with E-state index in [-0.39, 0.29) is 6.23 Å². The normalized spacial score (nSPS) is 14.8. The molecule has 0 radical (unpaired) electrons. The largest absolute Gasteiger partial charge is 0.378 e. The number of methoxy groups -OCH3 is 1. The number of para-hydroxylation sites is 1. The van der Waals surface area contributed by atoms with Gasteiger partial charge in [0.25, 0.3) is 0 Å². The number of anilines is 1. The van der Waals surface area contributed by atoms with Gasteiger partial charge in [0.2, 0.25) is 0 Å². The topological polar surface area (TPSA) is 44.7 Å². The molecule has 0 amide bonds. The quantitative estimate of drug-likeness (QED) is 0.284. The van der Waals surface area contributed by atoms with Crippen LogP contribution in [0, 0.1) is 11.8 Å². The summed E-state index contributed by atoms with van der Waals surface area (Å²) >= 11 is 1.55. The summed E-state index contributed by atoms with van der Waals surface area (Å²) < 4.78 is 5.89. The standard InChI is InChI=1S/C22H27N2O2PS/c1-26-22(11-6-14-23-21(25)16-28-27)24-15-19-9-3-2-7-17(19)12-13-18-8-4-5-10-20(18)24/h2-5,7-10,21-23,25H,6,11,14-16,27H2,1H3. The summed E-state index contributed by atoms with van der Waals surface area (Å²) in [6, 6.07) is 16.5. The second kappa shape index (κ2) is 10.9. The van der Waals surface area contributed by atoms with Gasteiger partial charge in [-0.25, -0.2) is 0 Å². The van der Waals surface area contributed by atoms with E-state index >= 15 is 0 Å². The fraction of sp³-hybridized carbons (Fsp3) is 0.364. The fourth-order valence-electron chi connectivity index (χ4n) is 3.37. The number of fused-ring (bicyclic) bond motifs is 2. The van der Waals surface area contributed by atoms with E-state index in [0.717, 1.165) is 42.7 Å². The Bertz CT molecular complexity index is 837. The molecule has 1 aliphatic rings. The lowest BCUT2D eigenvalue weighted by Crippen LogP contribution is -2.38. The summed E-state index contributed by atoms with van der Waals surface area (Å²) in [7, 11) is 4.32. The first-order valence-corrected chi connectivity index (χ1v) is 11.9. The molecular formula is C22H27N2O2PS. The molecular weight excluding hydrogens is 387 g/mol. The van der Waals surface area contributed by atoms with Crippen molar-refractivity contribution in [3.8, 4) is 11.8 Å². The molecule has 3 rings (SSSR count). The SMILES string of the molecule is COC(CCCNC(O)CSP)N1Cc2ccccc2C#Cc2ccccc21. The molecule has 1 aliphatic heterocycles. The number of aliphatic hydroxyl groups excluding tert-OH is 1. The van der Waals surface area contributed by atoms with E-state index in [0.29, 0.717) is 5.75 Å². The number of hydrogen-bond acceptors (Lipinski definition) is 5. The number of nitrogens with one attached hydrogen (secondary N) is 1. The summed E-state index contributed by atoms with van der Waals surface area (Å²) in [6.07, 6.45) is 1.22. The molecule has 4 nitrogen and oxygen atoms in total. The van der Waals surface area contributed by atoms with Crippen molar-refractivity contribution in [3.05, 3.63) is 65.2 Å². The summed E-state index contributed by atoms with van der Waals surface area (Å²) in [5, 5.41) is 13.0. The van der Waals surface area contributed by atoms with Crippen LogP contribution >= 0.6 is 19.8 Å². The van der Waals surface area contributed by atoms with Crippen molar-refractivity contribution in [2.75, 3.05) is 24.3 Å². The monoisotopic (exact) mass is 414 g/mol. The molecule has 0 aliphatic carbocycles. The third-order valence-electron chi connectivity index (χ3n) is 4.78. The molecule has 0 fully saturated rings. The zero-order valence-corrected chi connectivity index (χ0v) is 18.1. The Hall–Kier alpha value is -1.54. The number of hydrogen-bond donors (Lipinski definition) is 2. The summed E-state index contributed by atoms with van der Waals surface area (Å²) in [5.74, 6) is 7.31. The number of aliphatic hydroxyl groups is 1. The molecule has 0 aromatic heterocycles. The van der Waals surface area contributed by atoms with E-state index in [1.165, 1.54) is 5.56 Å². The predicted molar refractivity (Wildman–Crippen MR) is 121 cm³/mol. The molecule has 2 N–H and O–H groups in total. The Morgan fingerprint density at radius 3 is 2.68 bits per heavy atom. The van der Waals surface area contributed by atoms with Crippen molar-refractivity contribution >= 4 is 25.5 Å². The van der Waals surface area contributed by atoms with E-state index in [4.69, 9.17) is 4.74 Å². The van der Waals surface area contributed by atoms with Crippen LogP contribution in [-0.2, 0) is 11.3 Å². The molecule has 6 heteroatoms. The molecule has 28 heavy (non-hydrogen) atoms. The van der Waals surface area contributed by atoms with Crippen LogP contribution in [0.25, 0.3) is 0 Å². The minimum Gasteiger partial charge on any atom is -0.378 e. The summed E-state index contributed by atoms with van der Waals surface area (Å²) in [6.45, 7) is 1.50. The predicted octanol–water partition coefficient (Wildman–Crippen LogP) is 3.59. The van der Waals surface area contributed by atoms with Crippen LogP contribution in [0.4, 0.5) is 5.69 Å². The van der Waals surface area contributed by atoms with Gasteiger partial charge in [-0.2, -0.15) is 0 Å². The van der Waals surface area contributed by atoms with Crippen LogP contribution in [-0.4, -0.2) is 37.0 Å². The van der Waals surface area contributed by atoms with Crippen molar-refractivity contribution in [2.45, 2.75) is 31.8 Å². The molecule has 0 saturated carbocycles. The lowest BCUT2D eigenvalue weighted by molar-refractivity contribution is 0.0861. The maximum atomic E-state index is 9.83. The first kappa shape index (κ1) is 21.2. The minimum absolute atomic E-state index is 0.0656. The highest BCUT2D eigenvalue weighted by molar-refractivity contribution is 8.43. The third kappa shape index (κ3) is 5.50. The first-order chi connectivity index (χ1) is 13.7. The van der Waals surface area contributed by atoms with Gasteiger partial charge in [0.1, 0.15) is 12.5 Å². The lowest BCUT2D eigenvalue weighted by Gasteiger charge is -2.34. The van der Waals surface area contributed by atoms with Gasteiger partial charge in [-0.1, -0.05) is 50.6 Å². The van der Waals surface area contributed by atoms with Crippen molar-refractivity contribution in [3.63, 3.8) is 0 Å². The molecule has 0 saturated heterocycles. The number of benzene rings is 2. The highest BCUT2D eigenvalue weighted by atomic mass is 32.7. The molecule has 0 bridgehead atoms. The Kier molecular flexibility index (Phi) is 8.21. The van der Waals surface area contributed by atoms with E-state index < -0.39 is 6.23 Å². The average Bonchev–Trinajstić information content (AvgIpc) is 2.71. The molecule has 1 heterocycles. The van der Waals surface area contributed by atoms with Crippen LogP contribution < -0.4 is 10.2 Å². The van der Waals surface area contributed by atoms with E-state index in [1.807, 2.05) is 18.2 Å². The Morgan fingerprint density at radius 2 is 1.89 bits per heavy atom. The van der Waals surface area contributed by atoms with Crippen molar-refractivity contribution in [1.82, 2.24) is 5.32 Å². The summed E-state index contributed by atoms with van der Waals surface area (Å²) in [4.78, 5) is 2.30. The Balaban J connectivity index is 1.78. The zero-order chi connectivity index (χ0) is 19.8. The van der Waals surface area contributed by atoms with Gasteiger partial charge in [0.05, 0.1) is 5.69 Å². The molecule has 3 atom stereocenters. The van der Waals surface area contributed by atoms with Gasteiger partial charge in [-0.15, -0.1) is 11.4 Å². The summed E-state index contributed by atoms with van der Waals surface area (Å²) in [5.41, 5.74) is 4.39. The van der Waals surface area contributed by atoms with Gasteiger partial charge in [0, 0.05) is 30.5 Å². The van der Waals surface area contributed by atoms with E-state index in [1.54, 1.807) is 18.5 Å². The van der Waals surface area contributed by atoms with Gasteiger partial charge in [0.15, 0.2) is 0 Å². The zero-order valence-electron chi connectivity index (χ0n) is 16.1. The van der Waals surface area contributed by atoms with Crippen LogP contribution in [0.15, 0.2) is 48.5 Å². The second-order valence-corrected chi connectivity index (χ2v) is 8.35. The smallest absolute Gasteiger partial charge is 0.130 e. The molecule has 2 aromatic carbocycles. The minimum atomic E-state index is -0.479. The molecule has 3 unspecified atom stereocenters. The van der Waals surface area contributed by atoms with Gasteiger partial charge in [-0.05, 0) is 43.1 Å². The van der Waals surface area contributed by atoms with Crippen LogP contribution in [0.2, 0.25) is 0 Å². The van der Waals surface area contributed by atoms with Crippen molar-refractivity contribution < 1.29 is 9.84 Å². The maximum absolute atomic E-state index is 9.83. The van der Waals surface area contributed by atoms with Gasteiger partial charge in [-0.3, -0.25) is 5.32 Å². The highest BCUT2D eigenvalue weighted by Gasteiger charge is 2.22. The maximum Gasteiger partial charge on any atom is 0.130 e. The van der Waals surface area contributed by atoms with Gasteiger partial charge >= 0.3 is 0 Å². The Labute approximate surface area is 174 Å². The molecule has 2 aromatic rings.